The third kappa shape index (κ3) is 4.98. The molecule has 0 amide bonds. The van der Waals surface area contributed by atoms with E-state index >= 15 is 0 Å². The first kappa shape index (κ1) is 16.3. The molecule has 0 aromatic heterocycles. The second kappa shape index (κ2) is 7.77. The van der Waals surface area contributed by atoms with Crippen LogP contribution in [0.3, 0.4) is 0 Å². The third-order valence-electron chi connectivity index (χ3n) is 4.46. The van der Waals surface area contributed by atoms with E-state index in [2.05, 4.69) is 74.6 Å². The van der Waals surface area contributed by atoms with E-state index in [4.69, 9.17) is 0 Å². The van der Waals surface area contributed by atoms with Gasteiger partial charge in [-0.1, -0.05) is 48.9 Å². The van der Waals surface area contributed by atoms with E-state index in [1.54, 1.807) is 5.57 Å². The van der Waals surface area contributed by atoms with Crippen molar-refractivity contribution in [3.63, 3.8) is 0 Å². The molecule has 2 heteroatoms. The molecule has 3 atom stereocenters. The summed E-state index contributed by atoms with van der Waals surface area (Å²) in [7, 11) is 4.32. The van der Waals surface area contributed by atoms with Crippen molar-refractivity contribution in [2.24, 2.45) is 11.8 Å². The van der Waals surface area contributed by atoms with Gasteiger partial charge in [0.15, 0.2) is 0 Å². The van der Waals surface area contributed by atoms with Crippen molar-refractivity contribution in [2.45, 2.75) is 32.7 Å². The Labute approximate surface area is 130 Å². The molecular formula is C19H30N2. The molecule has 2 rings (SSSR count). The first-order valence-corrected chi connectivity index (χ1v) is 8.15. The van der Waals surface area contributed by atoms with Crippen LogP contribution in [0.4, 0.5) is 0 Å². The van der Waals surface area contributed by atoms with Crippen LogP contribution >= 0.6 is 0 Å². The van der Waals surface area contributed by atoms with Crippen LogP contribution in [-0.4, -0.2) is 32.1 Å². The van der Waals surface area contributed by atoms with Gasteiger partial charge in [-0.15, -0.1) is 0 Å². The molecule has 1 aliphatic carbocycles. The molecule has 0 aliphatic heterocycles. The molecule has 1 N–H and O–H groups in total. The molecule has 0 radical (unpaired) electrons. The maximum atomic E-state index is 3.71. The van der Waals surface area contributed by atoms with Gasteiger partial charge >= 0.3 is 0 Å². The highest BCUT2D eigenvalue weighted by molar-refractivity contribution is 5.19. The molecule has 0 bridgehead atoms. The Morgan fingerprint density at radius 1 is 1.24 bits per heavy atom. The molecule has 0 saturated carbocycles. The quantitative estimate of drug-likeness (QED) is 0.799. The van der Waals surface area contributed by atoms with Crippen molar-refractivity contribution < 1.29 is 0 Å². The fourth-order valence-electron chi connectivity index (χ4n) is 3.54. The lowest BCUT2D eigenvalue weighted by atomic mass is 9.83. The smallest absolute Gasteiger partial charge is 0.0466 e. The van der Waals surface area contributed by atoms with E-state index in [9.17, 15) is 0 Å². The number of nitrogens with zero attached hydrogens (tertiary/aromatic N) is 1. The minimum atomic E-state index is 0.448. The van der Waals surface area contributed by atoms with Crippen molar-refractivity contribution >= 4 is 0 Å². The fourth-order valence-corrected chi connectivity index (χ4v) is 3.54. The van der Waals surface area contributed by atoms with Gasteiger partial charge < -0.3 is 10.2 Å². The zero-order chi connectivity index (χ0) is 15.2. The predicted molar refractivity (Wildman–Crippen MR) is 91.4 cm³/mol. The lowest BCUT2D eigenvalue weighted by Gasteiger charge is -2.29. The van der Waals surface area contributed by atoms with Crippen molar-refractivity contribution in [3.05, 3.63) is 47.5 Å². The third-order valence-corrected chi connectivity index (χ3v) is 4.46. The summed E-state index contributed by atoms with van der Waals surface area (Å²) in [5, 5.41) is 3.71. The Kier molecular flexibility index (Phi) is 6.01. The summed E-state index contributed by atoms with van der Waals surface area (Å²) >= 11 is 0. The highest BCUT2D eigenvalue weighted by Gasteiger charge is 2.19. The van der Waals surface area contributed by atoms with Gasteiger partial charge in [-0.2, -0.15) is 0 Å². The highest BCUT2D eigenvalue weighted by Crippen LogP contribution is 2.27. The van der Waals surface area contributed by atoms with E-state index in [0.717, 1.165) is 24.9 Å². The average Bonchev–Trinajstić information content (AvgIpc) is 2.43. The first-order chi connectivity index (χ1) is 10.1. The minimum absolute atomic E-state index is 0.448. The maximum absolute atomic E-state index is 3.71. The molecule has 1 aromatic carbocycles. The molecule has 116 valence electrons. The second-order valence-electron chi connectivity index (χ2n) is 6.84. The first-order valence-electron chi connectivity index (χ1n) is 8.15. The molecule has 2 nitrogen and oxygen atoms in total. The Morgan fingerprint density at radius 3 is 2.57 bits per heavy atom. The Bertz CT molecular complexity index is 450. The number of rotatable bonds is 6. The Hall–Kier alpha value is -1.12. The van der Waals surface area contributed by atoms with Gasteiger partial charge in [0.05, 0.1) is 0 Å². The van der Waals surface area contributed by atoms with Crippen LogP contribution in [0.2, 0.25) is 0 Å². The van der Waals surface area contributed by atoms with Gasteiger partial charge in [0.1, 0.15) is 0 Å². The number of hydrogen-bond donors (Lipinski definition) is 1. The summed E-state index contributed by atoms with van der Waals surface area (Å²) < 4.78 is 0. The van der Waals surface area contributed by atoms with Crippen LogP contribution < -0.4 is 5.32 Å². The van der Waals surface area contributed by atoms with E-state index in [1.807, 2.05) is 0 Å². The Morgan fingerprint density at radius 2 is 1.95 bits per heavy atom. The van der Waals surface area contributed by atoms with Crippen LogP contribution in [-0.2, 0) is 0 Å². The van der Waals surface area contributed by atoms with E-state index in [-0.39, 0.29) is 0 Å². The van der Waals surface area contributed by atoms with Gasteiger partial charge in [0, 0.05) is 12.6 Å². The van der Waals surface area contributed by atoms with Crippen LogP contribution in [0, 0.1) is 11.8 Å². The molecule has 0 heterocycles. The van der Waals surface area contributed by atoms with E-state index < -0.39 is 0 Å². The minimum Gasteiger partial charge on any atom is -0.315 e. The normalized spacial score (nSPS) is 24.0. The van der Waals surface area contributed by atoms with Crippen LogP contribution in [0.15, 0.2) is 42.0 Å². The summed E-state index contributed by atoms with van der Waals surface area (Å²) in [6.45, 7) is 6.76. The van der Waals surface area contributed by atoms with Gasteiger partial charge in [-0.25, -0.2) is 0 Å². The molecule has 0 saturated heterocycles. The zero-order valence-electron chi connectivity index (χ0n) is 14.0. The van der Waals surface area contributed by atoms with E-state index in [0.29, 0.717) is 6.04 Å². The summed E-state index contributed by atoms with van der Waals surface area (Å²) in [4.78, 5) is 2.30. The number of allylic oxidation sites excluding steroid dienone is 2. The van der Waals surface area contributed by atoms with Crippen molar-refractivity contribution in [3.8, 4) is 0 Å². The van der Waals surface area contributed by atoms with Crippen molar-refractivity contribution in [2.75, 3.05) is 27.2 Å². The standard InChI is InChI=1S/C19H30N2/c1-15-10-16(2)12-17(11-15)13-20-14-19(21(3)4)18-8-6-5-7-9-18/h5-10,15,17,19-20H,11-14H2,1-4H3. The number of likely N-dealkylation sites (N-methyl/N-ethyl adjacent to an activating group) is 1. The average molecular weight is 286 g/mol. The van der Waals surface area contributed by atoms with Crippen molar-refractivity contribution in [1.29, 1.82) is 0 Å². The second-order valence-corrected chi connectivity index (χ2v) is 6.84. The van der Waals surface area contributed by atoms with Gasteiger partial charge in [0.25, 0.3) is 0 Å². The summed E-state index contributed by atoms with van der Waals surface area (Å²) in [5.74, 6) is 1.54. The van der Waals surface area contributed by atoms with Crippen molar-refractivity contribution in [1.82, 2.24) is 10.2 Å². The monoisotopic (exact) mass is 286 g/mol. The lowest BCUT2D eigenvalue weighted by Crippen LogP contribution is -2.34. The lowest BCUT2D eigenvalue weighted by molar-refractivity contribution is 0.278. The highest BCUT2D eigenvalue weighted by atomic mass is 15.1. The van der Waals surface area contributed by atoms with Gasteiger partial charge in [-0.3, -0.25) is 0 Å². The fraction of sp³-hybridized carbons (Fsp3) is 0.579. The predicted octanol–water partition coefficient (Wildman–Crippen LogP) is 3.87. The largest absolute Gasteiger partial charge is 0.315 e. The summed E-state index contributed by atoms with van der Waals surface area (Å²) in [5.41, 5.74) is 2.95. The van der Waals surface area contributed by atoms with Crippen LogP contribution in [0.1, 0.15) is 38.3 Å². The SMILES string of the molecule is CC1=CC(C)CC(CNCC(c2ccccc2)N(C)C)C1. The summed E-state index contributed by atoms with van der Waals surface area (Å²) in [6.07, 6.45) is 5.01. The van der Waals surface area contributed by atoms with Crippen LogP contribution in [0.25, 0.3) is 0 Å². The van der Waals surface area contributed by atoms with Crippen LogP contribution in [0.5, 0.6) is 0 Å². The molecule has 3 unspecified atom stereocenters. The molecular weight excluding hydrogens is 256 g/mol. The number of hydrogen-bond acceptors (Lipinski definition) is 2. The maximum Gasteiger partial charge on any atom is 0.0466 e. The van der Waals surface area contributed by atoms with Gasteiger partial charge in [0.2, 0.25) is 0 Å². The molecule has 0 fully saturated rings. The topological polar surface area (TPSA) is 15.3 Å². The molecule has 1 aliphatic rings. The zero-order valence-corrected chi connectivity index (χ0v) is 14.0. The summed E-state index contributed by atoms with van der Waals surface area (Å²) in [6, 6.07) is 11.2. The van der Waals surface area contributed by atoms with E-state index in [1.165, 1.54) is 18.4 Å². The molecule has 1 aromatic rings. The number of benzene rings is 1. The number of nitrogens with one attached hydrogen (secondary N) is 1. The van der Waals surface area contributed by atoms with Gasteiger partial charge in [-0.05, 0) is 57.8 Å². The molecule has 0 spiro atoms. The molecule has 21 heavy (non-hydrogen) atoms. The Balaban J connectivity index is 1.85.